The average molecular weight is 1390 g/mol. The normalized spacial score (nSPS) is 12.3. The molecule has 4 nitrogen and oxygen atoms in total. The van der Waals surface area contributed by atoms with Gasteiger partial charge in [0.25, 0.3) is 0 Å². The Morgan fingerprint density at radius 2 is 0.312 bits per heavy atom. The summed E-state index contributed by atoms with van der Waals surface area (Å²) in [7, 11) is 0. The number of fused-ring (bicyclic) bond motifs is 11. The topological polar surface area (TPSA) is 13.0 Å². The van der Waals surface area contributed by atoms with Gasteiger partial charge in [-0.25, -0.2) is 0 Å². The van der Waals surface area contributed by atoms with E-state index in [2.05, 4.69) is 444 Å². The number of nitrogens with zero attached hydrogens (tertiary/aromatic N) is 4. The highest BCUT2D eigenvalue weighted by atomic mass is 15.2. The maximum atomic E-state index is 2.57. The summed E-state index contributed by atoms with van der Waals surface area (Å²) in [6, 6.07) is 159. The molecule has 0 bridgehead atoms. The van der Waals surface area contributed by atoms with E-state index in [1.807, 2.05) is 0 Å². The van der Waals surface area contributed by atoms with Gasteiger partial charge in [0.2, 0.25) is 0 Å². The third-order valence-corrected chi connectivity index (χ3v) is 22.7. The van der Waals surface area contributed by atoms with Gasteiger partial charge >= 0.3 is 0 Å². The van der Waals surface area contributed by atoms with E-state index in [4.69, 9.17) is 0 Å². The summed E-state index contributed by atoms with van der Waals surface area (Å²) < 4.78 is 0. The maximum absolute atomic E-state index is 2.57. The predicted octanol–water partition coefficient (Wildman–Crippen LogP) is 29.2. The Morgan fingerprint density at radius 1 is 0.147 bits per heavy atom. The summed E-state index contributed by atoms with van der Waals surface area (Å²) in [5.74, 6) is 0. The summed E-state index contributed by atoms with van der Waals surface area (Å²) in [4.78, 5) is 10.3. The van der Waals surface area contributed by atoms with Gasteiger partial charge in [0.05, 0.1) is 50.9 Å². The molecule has 1 aliphatic carbocycles. The molecule has 0 N–H and O–H groups in total. The fourth-order valence-electron chi connectivity index (χ4n) is 18.0. The second-order valence-corrected chi connectivity index (χ2v) is 28.6. The maximum Gasteiger partial charge on any atom is 0.0716 e. The minimum Gasteiger partial charge on any atom is -0.309 e. The molecule has 21 rings (SSSR count). The first-order chi connectivity index (χ1) is 54.1. The zero-order valence-corrected chi connectivity index (χ0v) is 59.7. The Kier molecular flexibility index (Phi) is 15.1. The number of rotatable bonds is 14. The van der Waals surface area contributed by atoms with Crippen molar-refractivity contribution in [3.63, 3.8) is 0 Å². The molecule has 0 heterocycles. The van der Waals surface area contributed by atoms with Gasteiger partial charge in [0, 0.05) is 65.8 Å². The molecule has 1 aliphatic rings. The van der Waals surface area contributed by atoms with Crippen molar-refractivity contribution in [2.45, 2.75) is 5.41 Å². The lowest BCUT2D eigenvalue weighted by atomic mass is 9.67. The van der Waals surface area contributed by atoms with Crippen molar-refractivity contribution in [3.05, 3.63) is 447 Å². The van der Waals surface area contributed by atoms with Gasteiger partial charge in [-0.2, -0.15) is 0 Å². The van der Waals surface area contributed by atoms with Gasteiger partial charge in [0.15, 0.2) is 0 Å². The Balaban J connectivity index is 0.970. The molecule has 20 aromatic carbocycles. The van der Waals surface area contributed by atoms with E-state index in [0.29, 0.717) is 0 Å². The Bertz CT molecular complexity index is 5870. The van der Waals surface area contributed by atoms with Crippen molar-refractivity contribution in [2.75, 3.05) is 19.6 Å². The second kappa shape index (κ2) is 26.1. The molecule has 0 fully saturated rings. The first-order valence-corrected chi connectivity index (χ1v) is 37.6. The van der Waals surface area contributed by atoms with Gasteiger partial charge in [-0.1, -0.05) is 340 Å². The highest BCUT2D eigenvalue weighted by Gasteiger charge is 2.48. The Labute approximate surface area is 633 Å². The second-order valence-electron chi connectivity index (χ2n) is 28.6. The molecule has 0 atom stereocenters. The van der Waals surface area contributed by atoms with Gasteiger partial charge in [0.1, 0.15) is 0 Å². The zero-order valence-electron chi connectivity index (χ0n) is 59.7. The standard InChI is InChI=1S/C105H70N4/c1-9-45-85-71(29-1)37-21-57-97(85)106(98-58-22-38-72-30-2-10-46-86(72)98)81-65-79(66-82(69-81)107(99-59-23-39-73-31-3-11-47-87(73)99)100-60-24-40-74-32-4-12-48-88(74)100)105(95-55-19-17-53-93(95)94-54-18-20-56-96(94)105)80-67-83(108(101-61-25-41-75-33-5-13-49-89(75)101)102-62-26-42-76-34-6-14-50-90(76)102)70-84(68-80)109(103-63-27-43-77-35-7-15-51-91(77)103)104-64-28-44-78-36-8-16-52-92(78)104/h1-70H. The minimum absolute atomic E-state index is 0.990. The highest BCUT2D eigenvalue weighted by molar-refractivity contribution is 6.11. The number of anilines is 12. The van der Waals surface area contributed by atoms with Crippen LogP contribution in [0, 0.1) is 0 Å². The minimum atomic E-state index is -1.10. The van der Waals surface area contributed by atoms with Crippen LogP contribution in [-0.4, -0.2) is 0 Å². The molecular weight excluding hydrogens is 1320 g/mol. The van der Waals surface area contributed by atoms with Gasteiger partial charge < -0.3 is 19.6 Å². The van der Waals surface area contributed by atoms with Crippen molar-refractivity contribution in [3.8, 4) is 11.1 Å². The van der Waals surface area contributed by atoms with Crippen LogP contribution in [0.2, 0.25) is 0 Å². The predicted molar refractivity (Wildman–Crippen MR) is 463 cm³/mol. The fraction of sp³-hybridized carbons (Fsp3) is 0.00952. The van der Waals surface area contributed by atoms with Crippen LogP contribution in [-0.2, 0) is 5.41 Å². The van der Waals surface area contributed by atoms with Crippen molar-refractivity contribution in [2.24, 2.45) is 0 Å². The molecule has 0 spiro atoms. The molecule has 0 amide bonds. The van der Waals surface area contributed by atoms with E-state index >= 15 is 0 Å². The lowest BCUT2D eigenvalue weighted by Gasteiger charge is -2.39. The molecule has 4 heteroatoms. The van der Waals surface area contributed by atoms with E-state index in [1.54, 1.807) is 0 Å². The smallest absolute Gasteiger partial charge is 0.0716 e. The van der Waals surface area contributed by atoms with Crippen molar-refractivity contribution in [1.82, 2.24) is 0 Å². The van der Waals surface area contributed by atoms with Crippen LogP contribution in [0.5, 0.6) is 0 Å². The molecule has 20 aromatic rings. The van der Waals surface area contributed by atoms with Crippen molar-refractivity contribution >= 4 is 154 Å². The zero-order chi connectivity index (χ0) is 71.9. The van der Waals surface area contributed by atoms with Crippen LogP contribution >= 0.6 is 0 Å². The molecule has 0 saturated carbocycles. The van der Waals surface area contributed by atoms with Crippen LogP contribution in [0.15, 0.2) is 425 Å². The van der Waals surface area contributed by atoms with Gasteiger partial charge in [-0.15, -0.1) is 0 Å². The number of benzene rings is 20. The third kappa shape index (κ3) is 10.4. The third-order valence-electron chi connectivity index (χ3n) is 22.7. The van der Waals surface area contributed by atoms with E-state index in [-0.39, 0.29) is 0 Å². The number of hydrogen-bond donors (Lipinski definition) is 0. The summed E-state index contributed by atoms with van der Waals surface area (Å²) in [5.41, 5.74) is 18.2. The highest BCUT2D eigenvalue weighted by Crippen LogP contribution is 2.61. The van der Waals surface area contributed by atoms with Gasteiger partial charge in [-0.3, -0.25) is 0 Å². The molecule has 0 saturated heterocycles. The van der Waals surface area contributed by atoms with Crippen LogP contribution in [0.3, 0.4) is 0 Å². The quantitative estimate of drug-likeness (QED) is 0.108. The van der Waals surface area contributed by atoms with Gasteiger partial charge in [-0.05, 0) is 161 Å². The van der Waals surface area contributed by atoms with Crippen LogP contribution in [0.25, 0.3) is 97.3 Å². The molecule has 109 heavy (non-hydrogen) atoms. The Hall–Kier alpha value is -14.3. The Morgan fingerprint density at radius 3 is 0.514 bits per heavy atom. The average Bonchev–Trinajstić information content (AvgIpc) is 1.56. The summed E-state index contributed by atoms with van der Waals surface area (Å²) >= 11 is 0. The van der Waals surface area contributed by atoms with Crippen molar-refractivity contribution in [1.29, 1.82) is 0 Å². The van der Waals surface area contributed by atoms with E-state index in [0.717, 1.165) is 166 Å². The molecule has 0 unspecified atom stereocenters. The lowest BCUT2D eigenvalue weighted by Crippen LogP contribution is -2.30. The van der Waals surface area contributed by atoms with Crippen molar-refractivity contribution < 1.29 is 0 Å². The first kappa shape index (κ1) is 63.2. The first-order valence-electron chi connectivity index (χ1n) is 37.6. The molecule has 0 aromatic heterocycles. The molecule has 0 aliphatic heterocycles. The van der Waals surface area contributed by atoms with Crippen LogP contribution in [0.4, 0.5) is 68.2 Å². The summed E-state index contributed by atoms with van der Waals surface area (Å²) in [6.07, 6.45) is 0. The number of hydrogen-bond acceptors (Lipinski definition) is 4. The summed E-state index contributed by atoms with van der Waals surface area (Å²) in [5, 5.41) is 18.3. The van der Waals surface area contributed by atoms with Crippen LogP contribution < -0.4 is 19.6 Å². The molecule has 0 radical (unpaired) electrons. The van der Waals surface area contributed by atoms with E-state index < -0.39 is 5.41 Å². The molecular formula is C105H70N4. The largest absolute Gasteiger partial charge is 0.309 e. The fourth-order valence-corrected chi connectivity index (χ4v) is 18.0. The van der Waals surface area contributed by atoms with E-state index in [1.165, 1.54) is 22.3 Å². The molecule has 510 valence electrons. The van der Waals surface area contributed by atoms with E-state index in [9.17, 15) is 0 Å². The lowest BCUT2D eigenvalue weighted by molar-refractivity contribution is 0.768. The SMILES string of the molecule is c1ccc2c(c1)-c1ccccc1C2(c1cc(N(c2cccc3ccccc23)c2cccc3ccccc23)cc(N(c2cccc3ccccc23)c2cccc3ccccc23)c1)c1cc(N(c2cccc3ccccc23)c2cccc3ccccc23)cc(N(c2cccc3ccccc23)c2cccc3ccccc23)c1. The monoisotopic (exact) mass is 1390 g/mol. The van der Waals surface area contributed by atoms with Crippen LogP contribution in [0.1, 0.15) is 22.3 Å². The summed E-state index contributed by atoms with van der Waals surface area (Å²) in [6.45, 7) is 0.